The van der Waals surface area contributed by atoms with Crippen LogP contribution in [0.25, 0.3) is 17.0 Å². The standard InChI is InChI=1S/C27H30N2O4/c1-16-9-17(2)13-29(12-16)15-22-24(30)8-6-20-26(31)25(33-27(20)22)10-18-14-28(3)23-7-5-19(32-4)11-21(18)23/h5-8,10-11,14,16-17,30H,9,12-13,15H2,1-4H3/t16-,17-/m0/s1. The highest BCUT2D eigenvalue weighted by atomic mass is 16.5. The third-order valence-corrected chi connectivity index (χ3v) is 6.76. The van der Waals surface area contributed by atoms with Gasteiger partial charge in [-0.1, -0.05) is 13.8 Å². The minimum atomic E-state index is -0.161. The maximum absolute atomic E-state index is 13.2. The summed E-state index contributed by atoms with van der Waals surface area (Å²) in [7, 11) is 3.61. The van der Waals surface area contributed by atoms with Crippen molar-refractivity contribution in [1.82, 2.24) is 9.47 Å². The van der Waals surface area contributed by atoms with E-state index in [2.05, 4.69) is 18.7 Å². The molecule has 3 aromatic rings. The van der Waals surface area contributed by atoms with Gasteiger partial charge in [0.1, 0.15) is 17.2 Å². The lowest BCUT2D eigenvalue weighted by Gasteiger charge is -2.35. The van der Waals surface area contributed by atoms with E-state index in [-0.39, 0.29) is 17.3 Å². The fourth-order valence-corrected chi connectivity index (χ4v) is 5.38. The second-order valence-electron chi connectivity index (χ2n) is 9.60. The third-order valence-electron chi connectivity index (χ3n) is 6.76. The Morgan fingerprint density at radius 1 is 1.18 bits per heavy atom. The van der Waals surface area contributed by atoms with Gasteiger partial charge in [0, 0.05) is 49.3 Å². The maximum atomic E-state index is 13.2. The summed E-state index contributed by atoms with van der Waals surface area (Å²) in [5.41, 5.74) is 3.11. The van der Waals surface area contributed by atoms with Crippen LogP contribution in [-0.4, -0.2) is 40.6 Å². The van der Waals surface area contributed by atoms with Crippen molar-refractivity contribution in [2.45, 2.75) is 26.8 Å². The summed E-state index contributed by atoms with van der Waals surface area (Å²) in [4.78, 5) is 15.6. The summed E-state index contributed by atoms with van der Waals surface area (Å²) in [5.74, 6) is 2.73. The molecule has 2 aliphatic rings. The number of benzene rings is 2. The highest BCUT2D eigenvalue weighted by Crippen LogP contribution is 2.41. The van der Waals surface area contributed by atoms with Crippen LogP contribution in [-0.2, 0) is 13.6 Å². The van der Waals surface area contributed by atoms with Gasteiger partial charge in [0.25, 0.3) is 0 Å². The topological polar surface area (TPSA) is 63.9 Å². The summed E-state index contributed by atoms with van der Waals surface area (Å²) in [6.07, 6.45) is 4.98. The second-order valence-corrected chi connectivity index (χ2v) is 9.60. The lowest BCUT2D eigenvalue weighted by atomic mass is 9.91. The molecule has 2 aromatic carbocycles. The van der Waals surface area contributed by atoms with Gasteiger partial charge in [-0.25, -0.2) is 0 Å². The molecule has 172 valence electrons. The SMILES string of the molecule is COc1ccc2c(c1)c(C=C1Oc3c(ccc(O)c3CN3C[C@@H](C)C[C@H](C)C3)C1=O)cn2C. The van der Waals surface area contributed by atoms with Gasteiger partial charge >= 0.3 is 0 Å². The Bertz CT molecular complexity index is 1260. The van der Waals surface area contributed by atoms with Crippen LogP contribution < -0.4 is 9.47 Å². The largest absolute Gasteiger partial charge is 0.507 e. The van der Waals surface area contributed by atoms with E-state index in [0.29, 0.717) is 35.3 Å². The van der Waals surface area contributed by atoms with Crippen molar-refractivity contribution in [2.75, 3.05) is 20.2 Å². The van der Waals surface area contributed by atoms with Crippen molar-refractivity contribution >= 4 is 22.8 Å². The van der Waals surface area contributed by atoms with E-state index in [1.807, 2.05) is 36.0 Å². The number of allylic oxidation sites excluding steroid dienone is 1. The Labute approximate surface area is 194 Å². The van der Waals surface area contributed by atoms with E-state index in [9.17, 15) is 9.90 Å². The number of likely N-dealkylation sites (tertiary alicyclic amines) is 1. The molecule has 1 N–H and O–H groups in total. The van der Waals surface area contributed by atoms with E-state index < -0.39 is 0 Å². The molecule has 0 aliphatic carbocycles. The molecule has 1 saturated heterocycles. The van der Waals surface area contributed by atoms with Gasteiger partial charge in [0.15, 0.2) is 5.76 Å². The van der Waals surface area contributed by atoms with Crippen LogP contribution in [0.2, 0.25) is 0 Å². The molecular weight excluding hydrogens is 416 g/mol. The molecule has 1 fully saturated rings. The van der Waals surface area contributed by atoms with Gasteiger partial charge in [-0.15, -0.1) is 0 Å². The number of rotatable bonds is 4. The predicted octanol–water partition coefficient (Wildman–Crippen LogP) is 4.99. The quantitative estimate of drug-likeness (QED) is 0.572. The molecule has 0 amide bonds. The number of fused-ring (bicyclic) bond motifs is 2. The molecule has 0 spiro atoms. The van der Waals surface area contributed by atoms with Gasteiger partial charge in [0.05, 0.1) is 18.2 Å². The number of phenols is 1. The van der Waals surface area contributed by atoms with Crippen molar-refractivity contribution in [2.24, 2.45) is 18.9 Å². The van der Waals surface area contributed by atoms with Gasteiger partial charge in [0.2, 0.25) is 5.78 Å². The van der Waals surface area contributed by atoms with Crippen molar-refractivity contribution in [1.29, 1.82) is 0 Å². The van der Waals surface area contributed by atoms with E-state index in [0.717, 1.165) is 35.3 Å². The van der Waals surface area contributed by atoms with Crippen LogP contribution in [0.1, 0.15) is 41.8 Å². The van der Waals surface area contributed by atoms with Gasteiger partial charge < -0.3 is 19.1 Å². The number of nitrogens with zero attached hydrogens (tertiary/aromatic N) is 2. The Morgan fingerprint density at radius 2 is 1.94 bits per heavy atom. The minimum Gasteiger partial charge on any atom is -0.507 e. The predicted molar refractivity (Wildman–Crippen MR) is 129 cm³/mol. The fourth-order valence-electron chi connectivity index (χ4n) is 5.38. The lowest BCUT2D eigenvalue weighted by molar-refractivity contribution is 0.101. The van der Waals surface area contributed by atoms with Crippen LogP contribution in [0.3, 0.4) is 0 Å². The molecule has 0 bridgehead atoms. The van der Waals surface area contributed by atoms with Crippen molar-refractivity contribution < 1.29 is 19.4 Å². The molecule has 0 radical (unpaired) electrons. The van der Waals surface area contributed by atoms with Gasteiger partial charge in [-0.05, 0) is 54.7 Å². The summed E-state index contributed by atoms with van der Waals surface area (Å²) in [6.45, 7) is 7.04. The first kappa shape index (κ1) is 21.6. The highest BCUT2D eigenvalue weighted by Gasteiger charge is 2.33. The van der Waals surface area contributed by atoms with Crippen LogP contribution in [0, 0.1) is 11.8 Å². The average Bonchev–Trinajstić information content (AvgIpc) is 3.26. The van der Waals surface area contributed by atoms with E-state index in [4.69, 9.17) is 9.47 Å². The molecule has 6 nitrogen and oxygen atoms in total. The molecule has 2 atom stereocenters. The van der Waals surface area contributed by atoms with E-state index in [1.54, 1.807) is 25.3 Å². The molecule has 1 aromatic heterocycles. The number of aryl methyl sites for hydroxylation is 1. The molecule has 0 saturated carbocycles. The summed E-state index contributed by atoms with van der Waals surface area (Å²) < 4.78 is 13.5. The molecule has 33 heavy (non-hydrogen) atoms. The van der Waals surface area contributed by atoms with Crippen LogP contribution in [0.15, 0.2) is 42.3 Å². The number of carbonyl (C=O) groups is 1. The second kappa shape index (κ2) is 8.27. The zero-order valence-corrected chi connectivity index (χ0v) is 19.6. The lowest BCUT2D eigenvalue weighted by Crippen LogP contribution is -2.38. The Balaban J connectivity index is 1.50. The van der Waals surface area contributed by atoms with Crippen molar-refractivity contribution in [3.63, 3.8) is 0 Å². The van der Waals surface area contributed by atoms with Gasteiger partial charge in [-0.3, -0.25) is 9.69 Å². The first-order valence-electron chi connectivity index (χ1n) is 11.5. The van der Waals surface area contributed by atoms with Crippen LogP contribution in [0.5, 0.6) is 17.2 Å². The van der Waals surface area contributed by atoms with E-state index in [1.165, 1.54) is 6.42 Å². The molecule has 3 heterocycles. The zero-order chi connectivity index (χ0) is 23.3. The van der Waals surface area contributed by atoms with Crippen LogP contribution >= 0.6 is 0 Å². The Hall–Kier alpha value is -3.25. The minimum absolute atomic E-state index is 0.161. The number of carbonyl (C=O) groups excluding carboxylic acids is 1. The first-order chi connectivity index (χ1) is 15.8. The highest BCUT2D eigenvalue weighted by molar-refractivity contribution is 6.15. The van der Waals surface area contributed by atoms with Crippen molar-refractivity contribution in [3.05, 3.63) is 59.0 Å². The number of hydrogen-bond acceptors (Lipinski definition) is 5. The molecule has 6 heteroatoms. The monoisotopic (exact) mass is 446 g/mol. The van der Waals surface area contributed by atoms with E-state index >= 15 is 0 Å². The zero-order valence-electron chi connectivity index (χ0n) is 19.6. The average molecular weight is 447 g/mol. The number of Topliss-reactive ketones (excluding diaryl/α,β-unsaturated/α-hetero) is 1. The molecule has 5 rings (SSSR count). The summed E-state index contributed by atoms with van der Waals surface area (Å²) in [5, 5.41) is 11.6. The fraction of sp³-hybridized carbons (Fsp3) is 0.370. The maximum Gasteiger partial charge on any atom is 0.231 e. The number of methoxy groups -OCH3 is 1. The number of hydrogen-bond donors (Lipinski definition) is 1. The number of aromatic hydroxyl groups is 1. The molecule has 2 aliphatic heterocycles. The van der Waals surface area contributed by atoms with Crippen LogP contribution in [0.4, 0.5) is 0 Å². The third kappa shape index (κ3) is 3.89. The number of ether oxygens (including phenoxy) is 2. The van der Waals surface area contributed by atoms with Gasteiger partial charge in [-0.2, -0.15) is 0 Å². The summed E-state index contributed by atoms with van der Waals surface area (Å²) in [6, 6.07) is 9.15. The number of phenolic OH excluding ortho intramolecular Hbond substituents is 1. The van der Waals surface area contributed by atoms with Crippen molar-refractivity contribution in [3.8, 4) is 17.2 Å². The first-order valence-corrected chi connectivity index (χ1v) is 11.5. The molecule has 0 unspecified atom stereocenters. The number of ketones is 1. The molecular formula is C27H30N2O4. The summed E-state index contributed by atoms with van der Waals surface area (Å²) >= 11 is 0. The number of aromatic nitrogens is 1. The normalized spacial score (nSPS) is 22.1. The smallest absolute Gasteiger partial charge is 0.231 e. The Kier molecular flexibility index (Phi) is 5.41. The Morgan fingerprint density at radius 3 is 2.67 bits per heavy atom. The number of piperidine rings is 1.